The Hall–Kier alpha value is -3.56. The van der Waals surface area contributed by atoms with Gasteiger partial charge in [0.1, 0.15) is 48.8 Å². The van der Waals surface area contributed by atoms with Gasteiger partial charge in [-0.25, -0.2) is 0 Å². The number of ether oxygens (including phenoxy) is 7. The Morgan fingerprint density at radius 3 is 1.41 bits per heavy atom. The maximum absolute atomic E-state index is 11.0. The van der Waals surface area contributed by atoms with E-state index in [1.54, 1.807) is 0 Å². The van der Waals surface area contributed by atoms with Crippen LogP contribution in [0.3, 0.4) is 0 Å². The summed E-state index contributed by atoms with van der Waals surface area (Å²) in [6.07, 6.45) is -12.1. The lowest BCUT2D eigenvalue weighted by atomic mass is 9.96. The fourth-order valence-corrected chi connectivity index (χ4v) is 6.17. The molecular weight excluding hydrogens is 656 g/mol. The molecule has 0 saturated carbocycles. The number of hydrogen-bond acceptors (Lipinski definition) is 11. The lowest BCUT2D eigenvalue weighted by molar-refractivity contribution is -0.376. The maximum atomic E-state index is 11.0. The molecule has 0 aromatic heterocycles. The smallest absolute Gasteiger partial charge is 0.187 e. The van der Waals surface area contributed by atoms with Crippen molar-refractivity contribution in [2.75, 3.05) is 13.2 Å². The minimum Gasteiger partial charge on any atom is -0.394 e. The van der Waals surface area contributed by atoms with Gasteiger partial charge in [0.05, 0.1) is 39.6 Å². The van der Waals surface area contributed by atoms with E-state index in [-0.39, 0.29) is 26.4 Å². The van der Waals surface area contributed by atoms with E-state index in [0.29, 0.717) is 6.61 Å². The van der Waals surface area contributed by atoms with E-state index in [9.17, 15) is 20.4 Å². The zero-order valence-corrected chi connectivity index (χ0v) is 28.2. The van der Waals surface area contributed by atoms with Crippen LogP contribution in [0.1, 0.15) is 22.3 Å². The van der Waals surface area contributed by atoms with Crippen LogP contribution >= 0.6 is 0 Å². The molecule has 10 atom stereocenters. The Balaban J connectivity index is 1.33. The van der Waals surface area contributed by atoms with Gasteiger partial charge in [-0.15, -0.1) is 0 Å². The van der Waals surface area contributed by atoms with Gasteiger partial charge in [0.2, 0.25) is 0 Å². The van der Waals surface area contributed by atoms with E-state index in [1.165, 1.54) is 0 Å². The lowest BCUT2D eigenvalue weighted by Crippen LogP contribution is -2.65. The molecular formula is C40H46O11. The second-order valence-electron chi connectivity index (χ2n) is 12.7. The Morgan fingerprint density at radius 2 is 0.902 bits per heavy atom. The third kappa shape index (κ3) is 10.1. The summed E-state index contributed by atoms with van der Waals surface area (Å²) in [6.45, 7) is 0.390. The SMILES string of the molecule is OC[C@@H]1O[C@@H](O[C@H]2[C@H](OCc3ccccc3)O[C@H](COCc3ccccc3)[C@H](OCc3ccccc3)[C@@H]2OCc2ccccc2)[C@H](O)[C@@H](O)[C@@H]1O. The van der Waals surface area contributed by atoms with Gasteiger partial charge in [-0.1, -0.05) is 121 Å². The average molecular weight is 703 g/mol. The molecule has 4 aromatic rings. The van der Waals surface area contributed by atoms with Crippen molar-refractivity contribution in [1.82, 2.24) is 0 Å². The van der Waals surface area contributed by atoms with Gasteiger partial charge in [0, 0.05) is 0 Å². The molecule has 0 amide bonds. The first-order valence-corrected chi connectivity index (χ1v) is 17.2. The van der Waals surface area contributed by atoms with Crippen LogP contribution in [-0.4, -0.2) is 95.1 Å². The lowest BCUT2D eigenvalue weighted by Gasteiger charge is -2.48. The second kappa shape index (κ2) is 18.8. The standard InChI is InChI=1S/C40H46O11/c41-21-31-33(42)34(43)35(44)39(49-31)51-38-37(47-24-29-17-9-3-10-18-29)36(46-23-28-15-7-2-8-16-28)32(26-45-22-27-13-5-1-6-14-27)50-40(38)48-25-30-19-11-4-12-20-30/h1-20,31-44H,21-26H2/t31-,32+,33+,34-,35+,36-,37-,38+,39-,40+/m0/s1. The molecule has 2 aliphatic heterocycles. The molecule has 0 spiro atoms. The molecule has 2 heterocycles. The third-order valence-corrected chi connectivity index (χ3v) is 8.95. The van der Waals surface area contributed by atoms with Gasteiger partial charge in [-0.3, -0.25) is 0 Å². The minimum absolute atomic E-state index is 0.123. The van der Waals surface area contributed by atoms with Crippen molar-refractivity contribution in [3.8, 4) is 0 Å². The predicted octanol–water partition coefficient (Wildman–Crippen LogP) is 3.50. The Morgan fingerprint density at radius 1 is 0.451 bits per heavy atom. The van der Waals surface area contributed by atoms with Gasteiger partial charge in [0.25, 0.3) is 0 Å². The highest BCUT2D eigenvalue weighted by Crippen LogP contribution is 2.34. The number of rotatable bonds is 16. The number of hydrogen-bond donors (Lipinski definition) is 4. The van der Waals surface area contributed by atoms with Crippen molar-refractivity contribution in [2.45, 2.75) is 87.8 Å². The summed E-state index contributed by atoms with van der Waals surface area (Å²) in [5, 5.41) is 42.0. The molecule has 0 radical (unpaired) electrons. The van der Waals surface area contributed by atoms with Crippen LogP contribution in [0.15, 0.2) is 121 Å². The number of aliphatic hydroxyl groups is 4. The first kappa shape index (κ1) is 37.2. The molecule has 51 heavy (non-hydrogen) atoms. The van der Waals surface area contributed by atoms with Gasteiger partial charge in [-0.2, -0.15) is 0 Å². The molecule has 0 bridgehead atoms. The summed E-state index contributed by atoms with van der Waals surface area (Å²) in [4.78, 5) is 0. The number of benzene rings is 4. The van der Waals surface area contributed by atoms with Crippen molar-refractivity contribution in [3.63, 3.8) is 0 Å². The van der Waals surface area contributed by atoms with E-state index in [0.717, 1.165) is 22.3 Å². The molecule has 272 valence electrons. The van der Waals surface area contributed by atoms with Crippen LogP contribution in [0.2, 0.25) is 0 Å². The highest BCUT2D eigenvalue weighted by molar-refractivity contribution is 5.16. The highest BCUT2D eigenvalue weighted by atomic mass is 16.8. The first-order valence-electron chi connectivity index (χ1n) is 17.2. The molecule has 6 rings (SSSR count). The van der Waals surface area contributed by atoms with Gasteiger partial charge in [-0.05, 0) is 22.3 Å². The molecule has 2 aliphatic rings. The van der Waals surface area contributed by atoms with E-state index < -0.39 is 68.0 Å². The monoisotopic (exact) mass is 702 g/mol. The van der Waals surface area contributed by atoms with Crippen LogP contribution in [-0.2, 0) is 59.6 Å². The van der Waals surface area contributed by atoms with Crippen LogP contribution in [0.4, 0.5) is 0 Å². The first-order chi connectivity index (χ1) is 25.0. The van der Waals surface area contributed by atoms with Crippen LogP contribution in [0.5, 0.6) is 0 Å². The largest absolute Gasteiger partial charge is 0.394 e. The van der Waals surface area contributed by atoms with E-state index in [1.807, 2.05) is 121 Å². The van der Waals surface area contributed by atoms with Crippen LogP contribution in [0.25, 0.3) is 0 Å². The average Bonchev–Trinajstić information content (AvgIpc) is 3.18. The fraction of sp³-hybridized carbons (Fsp3) is 0.400. The Kier molecular flexibility index (Phi) is 13.7. The maximum Gasteiger partial charge on any atom is 0.187 e. The Labute approximate surface area is 297 Å². The van der Waals surface area contributed by atoms with Crippen LogP contribution in [0, 0.1) is 0 Å². The number of aliphatic hydroxyl groups excluding tert-OH is 4. The van der Waals surface area contributed by atoms with Crippen molar-refractivity contribution in [1.29, 1.82) is 0 Å². The molecule has 11 nitrogen and oxygen atoms in total. The van der Waals surface area contributed by atoms with Gasteiger partial charge >= 0.3 is 0 Å². The molecule has 0 aliphatic carbocycles. The van der Waals surface area contributed by atoms with Crippen molar-refractivity contribution >= 4 is 0 Å². The quantitative estimate of drug-likeness (QED) is 0.136. The molecule has 4 N–H and O–H groups in total. The minimum atomic E-state index is -1.66. The molecule has 2 saturated heterocycles. The van der Waals surface area contributed by atoms with Gasteiger partial charge in [0.15, 0.2) is 12.6 Å². The summed E-state index contributed by atoms with van der Waals surface area (Å²) in [6, 6.07) is 38.7. The zero-order chi connectivity index (χ0) is 35.4. The summed E-state index contributed by atoms with van der Waals surface area (Å²) >= 11 is 0. The third-order valence-electron chi connectivity index (χ3n) is 8.95. The Bertz CT molecular complexity index is 1550. The van der Waals surface area contributed by atoms with E-state index in [2.05, 4.69) is 0 Å². The molecule has 11 heteroatoms. The normalized spacial score (nSPS) is 29.5. The summed E-state index contributed by atoms with van der Waals surface area (Å²) in [5.41, 5.74) is 3.70. The van der Waals surface area contributed by atoms with Crippen molar-refractivity contribution < 1.29 is 53.6 Å². The molecule has 0 unspecified atom stereocenters. The fourth-order valence-electron chi connectivity index (χ4n) is 6.17. The summed E-state index contributed by atoms with van der Waals surface area (Å²) in [5.74, 6) is 0. The highest BCUT2D eigenvalue weighted by Gasteiger charge is 2.53. The van der Waals surface area contributed by atoms with Crippen molar-refractivity contribution in [2.24, 2.45) is 0 Å². The van der Waals surface area contributed by atoms with Gasteiger partial charge < -0.3 is 53.6 Å². The van der Waals surface area contributed by atoms with Crippen molar-refractivity contribution in [3.05, 3.63) is 144 Å². The molecule has 2 fully saturated rings. The zero-order valence-electron chi connectivity index (χ0n) is 28.2. The van der Waals surface area contributed by atoms with Crippen LogP contribution < -0.4 is 0 Å². The second-order valence-corrected chi connectivity index (χ2v) is 12.7. The van der Waals surface area contributed by atoms with E-state index >= 15 is 0 Å². The summed E-state index contributed by atoms with van der Waals surface area (Å²) < 4.78 is 44.8. The molecule has 4 aromatic carbocycles. The summed E-state index contributed by atoms with van der Waals surface area (Å²) in [7, 11) is 0. The predicted molar refractivity (Wildman–Crippen MR) is 185 cm³/mol. The topological polar surface area (TPSA) is 146 Å². The van der Waals surface area contributed by atoms with E-state index in [4.69, 9.17) is 33.2 Å².